The summed E-state index contributed by atoms with van der Waals surface area (Å²) in [5.74, 6) is -0.359. The third-order valence-electron chi connectivity index (χ3n) is 6.26. The van der Waals surface area contributed by atoms with Crippen molar-refractivity contribution in [1.82, 2.24) is 10.6 Å². The van der Waals surface area contributed by atoms with E-state index in [0.29, 0.717) is 23.3 Å². The second kappa shape index (κ2) is 16.2. The monoisotopic (exact) mass is 662 g/mol. The predicted molar refractivity (Wildman–Crippen MR) is 178 cm³/mol. The Morgan fingerprint density at radius 1 is 0.667 bits per heavy atom. The first kappa shape index (κ1) is 33.0. The summed E-state index contributed by atoms with van der Waals surface area (Å²) in [6.07, 6.45) is 0.548. The Labute approximate surface area is 268 Å². The van der Waals surface area contributed by atoms with Gasteiger partial charge in [0.25, 0.3) is 0 Å². The van der Waals surface area contributed by atoms with Crippen LogP contribution < -0.4 is 26.5 Å². The summed E-state index contributed by atoms with van der Waals surface area (Å²) in [6.45, 7) is 1.74. The van der Waals surface area contributed by atoms with Gasteiger partial charge in [-0.2, -0.15) is 15.3 Å². The summed E-state index contributed by atoms with van der Waals surface area (Å²) in [5.41, 5.74) is 1.46. The number of nitrogens with one attached hydrogen (secondary N) is 2. The van der Waals surface area contributed by atoms with E-state index in [-0.39, 0.29) is 33.2 Å². The molecule has 42 heavy (non-hydrogen) atoms. The van der Waals surface area contributed by atoms with Crippen molar-refractivity contribution in [3.63, 3.8) is 0 Å². The van der Waals surface area contributed by atoms with Crippen LogP contribution in [0, 0.1) is 5.82 Å². The van der Waals surface area contributed by atoms with Crippen molar-refractivity contribution in [3.8, 4) is 0 Å². The molecule has 11 heteroatoms. The van der Waals surface area contributed by atoms with E-state index in [2.05, 4.69) is 104 Å². The summed E-state index contributed by atoms with van der Waals surface area (Å²) in [5, 5.41) is 27.1. The fourth-order valence-electron chi connectivity index (χ4n) is 4.25. The molecule has 0 unspecified atom stereocenters. The zero-order valence-corrected chi connectivity index (χ0v) is 26.4. The first-order chi connectivity index (χ1) is 19.9. The molecule has 0 saturated carbocycles. The van der Waals surface area contributed by atoms with Gasteiger partial charge in [0.2, 0.25) is 0 Å². The van der Waals surface area contributed by atoms with Gasteiger partial charge in [-0.25, -0.2) is 4.39 Å². The van der Waals surface area contributed by atoms with Crippen LogP contribution in [0.4, 0.5) is 4.39 Å². The molecule has 217 valence electrons. The van der Waals surface area contributed by atoms with Crippen molar-refractivity contribution in [2.24, 2.45) is 20.4 Å². The number of rotatable bonds is 9. The van der Waals surface area contributed by atoms with E-state index in [1.54, 1.807) is 26.1 Å². The molecule has 4 rings (SSSR count). The number of hydrogen-bond acceptors (Lipinski definition) is 6. The second-order valence-corrected chi connectivity index (χ2v) is 13.1. The smallest absolute Gasteiger partial charge is 0.741 e. The Balaban J connectivity index is 0.00000484. The van der Waals surface area contributed by atoms with E-state index >= 15 is 0 Å². The Morgan fingerprint density at radius 2 is 1.12 bits per heavy atom. The van der Waals surface area contributed by atoms with Crippen LogP contribution in [0.15, 0.2) is 136 Å². The molecule has 0 fully saturated rings. The van der Waals surface area contributed by atoms with Crippen molar-refractivity contribution in [2.75, 3.05) is 13.3 Å². The summed E-state index contributed by atoms with van der Waals surface area (Å²) >= 11 is 10.7. The Morgan fingerprint density at radius 3 is 1.57 bits per heavy atom. The zero-order valence-electron chi connectivity index (χ0n) is 22.9. The van der Waals surface area contributed by atoms with E-state index in [9.17, 15) is 4.39 Å². The quantitative estimate of drug-likeness (QED) is 0.0693. The van der Waals surface area contributed by atoms with Crippen LogP contribution in [0.5, 0.6) is 0 Å². The van der Waals surface area contributed by atoms with E-state index in [1.807, 2.05) is 18.2 Å². The van der Waals surface area contributed by atoms with Crippen LogP contribution in [-0.2, 0) is 42.3 Å². The normalized spacial score (nSPS) is 12.8. The fraction of sp³-hybridized carbons (Fsp3) is 0.0968. The van der Waals surface area contributed by atoms with Crippen LogP contribution in [0.25, 0.3) is 0 Å². The van der Waals surface area contributed by atoms with Crippen LogP contribution in [0.1, 0.15) is 12.5 Å². The van der Waals surface area contributed by atoms with Crippen LogP contribution in [0.3, 0.4) is 0 Å². The molecule has 0 atom stereocenters. The average molecular weight is 663 g/mol. The summed E-state index contributed by atoms with van der Waals surface area (Å²) in [7, 11) is -0.499. The Kier molecular flexibility index (Phi) is 12.7. The molecule has 0 aliphatic carbocycles. The average Bonchev–Trinajstić information content (AvgIpc) is 3.02. The standard InChI is InChI=1S/C31H30FN6PS2.Cu/c1-23(29(36-37-30(40)33-2)24-18-20-25(32)21-19-24)35-38-31(41)34-22-39(26-12-6-3-7-13-26,27-14-8-4-9-15-27)28-16-10-5-11-17-28;/h3-21H,22H2,1-2H3,(H3-,33,34,35,36,37,38,40,41);/q;+2/p-1. The van der Waals surface area contributed by atoms with Gasteiger partial charge >= 0.3 is 17.1 Å². The number of amidine groups is 2. The molecule has 0 spiro atoms. The predicted octanol–water partition coefficient (Wildman–Crippen LogP) is 4.47. The minimum atomic E-state index is -2.15. The van der Waals surface area contributed by atoms with Gasteiger partial charge in [0.1, 0.15) is 41.0 Å². The molecule has 0 aliphatic rings. The summed E-state index contributed by atoms with van der Waals surface area (Å²) in [4.78, 5) is 0. The van der Waals surface area contributed by atoms with Gasteiger partial charge in [0.05, 0.1) is 5.71 Å². The van der Waals surface area contributed by atoms with Crippen LogP contribution >= 0.6 is 7.26 Å². The van der Waals surface area contributed by atoms with Gasteiger partial charge in [0.15, 0.2) is 0 Å². The molecule has 0 heterocycles. The fourth-order valence-corrected chi connectivity index (χ4v) is 8.38. The molecule has 4 aromatic rings. The molecule has 0 aromatic heterocycles. The maximum atomic E-state index is 13.6. The molecule has 6 nitrogen and oxygen atoms in total. The minimum Gasteiger partial charge on any atom is -0.741 e. The van der Waals surface area contributed by atoms with E-state index < -0.39 is 7.26 Å². The van der Waals surface area contributed by atoms with E-state index in [0.717, 1.165) is 0 Å². The first-order valence-electron chi connectivity index (χ1n) is 12.8. The third-order valence-corrected chi connectivity index (χ3v) is 10.9. The molecule has 1 radical (unpaired) electrons. The number of halogens is 1. The van der Waals surface area contributed by atoms with Gasteiger partial charge in [0, 0.05) is 17.8 Å². The van der Waals surface area contributed by atoms with Gasteiger partial charge < -0.3 is 35.9 Å². The topological polar surface area (TPSA) is 73.5 Å². The third kappa shape index (κ3) is 8.28. The van der Waals surface area contributed by atoms with Gasteiger partial charge in [-0.05, 0) is 72.8 Å². The molecular weight excluding hydrogens is 634 g/mol. The van der Waals surface area contributed by atoms with E-state index in [1.165, 1.54) is 28.0 Å². The molecule has 0 amide bonds. The van der Waals surface area contributed by atoms with E-state index in [4.69, 9.17) is 25.3 Å². The van der Waals surface area contributed by atoms with Crippen LogP contribution in [0.2, 0.25) is 0 Å². The van der Waals surface area contributed by atoms with Crippen molar-refractivity contribution in [3.05, 3.63) is 127 Å². The van der Waals surface area contributed by atoms with Gasteiger partial charge in [-0.15, -0.1) is 5.10 Å². The molecule has 0 saturated heterocycles. The molecule has 4 aromatic carbocycles. The number of benzene rings is 4. The SMILES string of the molecule is CN/C([S-])=N/N=C(/C(C)=N/N=C(\[S-])NC[P+](c1ccccc1)(c1ccccc1)c1ccccc1)c1ccc(F)cc1.[Cu+2]. The number of nitrogens with zero attached hydrogens (tertiary/aromatic N) is 4. The number of hydrogen-bond donors (Lipinski definition) is 2. The Bertz CT molecular complexity index is 1450. The van der Waals surface area contributed by atoms with Gasteiger partial charge in [-0.3, -0.25) is 0 Å². The minimum absolute atomic E-state index is 0. The summed E-state index contributed by atoms with van der Waals surface area (Å²) < 4.78 is 13.6. The summed E-state index contributed by atoms with van der Waals surface area (Å²) in [6, 6.07) is 37.3. The molecule has 2 N–H and O–H groups in total. The first-order valence-corrected chi connectivity index (χ1v) is 15.6. The molecule has 0 aliphatic heterocycles. The zero-order chi connectivity index (χ0) is 29.1. The van der Waals surface area contributed by atoms with Crippen molar-refractivity contribution < 1.29 is 21.5 Å². The molecular formula is C31H29CuFN6PS2+. The van der Waals surface area contributed by atoms with Crippen LogP contribution in [-0.4, -0.2) is 35.1 Å². The van der Waals surface area contributed by atoms with Crippen molar-refractivity contribution in [1.29, 1.82) is 0 Å². The second-order valence-electron chi connectivity index (χ2n) is 8.85. The molecule has 0 bridgehead atoms. The van der Waals surface area contributed by atoms with Crippen molar-refractivity contribution in [2.45, 2.75) is 6.92 Å². The van der Waals surface area contributed by atoms with Crippen molar-refractivity contribution >= 4 is 70.2 Å². The largest absolute Gasteiger partial charge is 2.00 e. The Hall–Kier alpha value is -3.52. The maximum Gasteiger partial charge on any atom is 2.00 e. The maximum absolute atomic E-state index is 13.6. The van der Waals surface area contributed by atoms with Gasteiger partial charge in [-0.1, -0.05) is 54.6 Å².